The number of Topliss-reactive ketones (excluding diaryl/α,β-unsaturated/α-hetero) is 1. The first-order valence-corrected chi connectivity index (χ1v) is 12.3. The molecule has 0 aromatic rings. The Morgan fingerprint density at radius 1 is 1.13 bits per heavy atom. The number of fused-ring (bicyclic) bond motifs is 5. The van der Waals surface area contributed by atoms with Crippen LogP contribution in [0, 0.1) is 34.5 Å². The van der Waals surface area contributed by atoms with E-state index in [-0.39, 0.29) is 18.0 Å². The van der Waals surface area contributed by atoms with E-state index in [1.54, 1.807) is 0 Å². The largest absolute Gasteiger partial charge is 0.461 e. The Labute approximate surface area is 181 Å². The van der Waals surface area contributed by atoms with Crippen LogP contribution in [0.3, 0.4) is 0 Å². The van der Waals surface area contributed by atoms with Crippen molar-refractivity contribution in [1.82, 2.24) is 0 Å². The van der Waals surface area contributed by atoms with Crippen LogP contribution in [-0.4, -0.2) is 29.1 Å². The van der Waals surface area contributed by atoms with E-state index in [1.807, 2.05) is 19.1 Å². The van der Waals surface area contributed by atoms with Crippen LogP contribution < -0.4 is 0 Å². The summed E-state index contributed by atoms with van der Waals surface area (Å²) >= 11 is 0. The molecule has 0 radical (unpaired) electrons. The molecule has 2 unspecified atom stereocenters. The molecule has 0 saturated heterocycles. The van der Waals surface area contributed by atoms with Gasteiger partial charge in [-0.2, -0.15) is 0 Å². The summed E-state index contributed by atoms with van der Waals surface area (Å²) in [6.45, 7) is 6.99. The maximum atomic E-state index is 12.1. The predicted molar refractivity (Wildman–Crippen MR) is 117 cm³/mol. The molecule has 4 heteroatoms. The minimum Gasteiger partial charge on any atom is -0.461 e. The van der Waals surface area contributed by atoms with Gasteiger partial charge in [-0.15, -0.1) is 0 Å². The molecule has 4 rings (SSSR count). The Morgan fingerprint density at radius 3 is 2.67 bits per heavy atom. The second-order valence-corrected chi connectivity index (χ2v) is 11.2. The van der Waals surface area contributed by atoms with Gasteiger partial charge in [-0.25, -0.2) is 0 Å². The standard InChI is InChI=1S/C26H40O4/c1-4-6-23(28)30-16-5-12-26(29)15-11-22-20-8-7-18-17-19(27)9-13-24(18,2)21(20)10-14-25(22,26)3/h5,12,18,20-22,29H,4,6-11,13-17H2,1-3H3/t18?,20-,21-,22+,24+,25+,26?/m1/s1. The normalized spacial score (nSPS) is 45.7. The van der Waals surface area contributed by atoms with Crippen molar-refractivity contribution in [3.8, 4) is 0 Å². The minimum atomic E-state index is -0.805. The zero-order chi connectivity index (χ0) is 21.6. The van der Waals surface area contributed by atoms with Crippen LogP contribution in [0.2, 0.25) is 0 Å². The van der Waals surface area contributed by atoms with Gasteiger partial charge in [0.05, 0.1) is 5.60 Å². The maximum absolute atomic E-state index is 12.1. The second-order valence-electron chi connectivity index (χ2n) is 11.2. The fourth-order valence-corrected chi connectivity index (χ4v) is 8.03. The first-order chi connectivity index (χ1) is 14.2. The lowest BCUT2D eigenvalue weighted by Crippen LogP contribution is -2.56. The minimum absolute atomic E-state index is 0.105. The van der Waals surface area contributed by atoms with Crippen molar-refractivity contribution in [2.45, 2.75) is 97.0 Å². The smallest absolute Gasteiger partial charge is 0.306 e. The summed E-state index contributed by atoms with van der Waals surface area (Å²) < 4.78 is 5.26. The molecule has 4 aliphatic carbocycles. The van der Waals surface area contributed by atoms with Gasteiger partial charge in [-0.05, 0) is 86.5 Å². The van der Waals surface area contributed by atoms with Crippen molar-refractivity contribution in [1.29, 1.82) is 0 Å². The lowest BCUT2D eigenvalue weighted by Gasteiger charge is -2.60. The van der Waals surface area contributed by atoms with Crippen molar-refractivity contribution in [2.24, 2.45) is 34.5 Å². The van der Waals surface area contributed by atoms with Gasteiger partial charge in [0.15, 0.2) is 0 Å². The van der Waals surface area contributed by atoms with Gasteiger partial charge in [0.25, 0.3) is 0 Å². The number of esters is 1. The fraction of sp³-hybridized carbons (Fsp3) is 0.846. The van der Waals surface area contributed by atoms with E-state index in [0.717, 1.165) is 44.9 Å². The van der Waals surface area contributed by atoms with E-state index in [9.17, 15) is 14.7 Å². The zero-order valence-electron chi connectivity index (χ0n) is 19.1. The second kappa shape index (κ2) is 8.07. The third kappa shape index (κ3) is 3.47. The first kappa shape index (κ1) is 22.0. The van der Waals surface area contributed by atoms with Crippen molar-refractivity contribution in [3.63, 3.8) is 0 Å². The molecule has 0 aliphatic heterocycles. The summed E-state index contributed by atoms with van der Waals surface area (Å²) in [4.78, 5) is 23.7. The van der Waals surface area contributed by atoms with Crippen LogP contribution in [0.15, 0.2) is 12.2 Å². The van der Waals surface area contributed by atoms with Crippen molar-refractivity contribution in [3.05, 3.63) is 12.2 Å². The van der Waals surface area contributed by atoms with E-state index in [2.05, 4.69) is 13.8 Å². The van der Waals surface area contributed by atoms with Crippen LogP contribution in [0.1, 0.15) is 91.4 Å². The fourth-order valence-electron chi connectivity index (χ4n) is 8.03. The number of hydrogen-bond acceptors (Lipinski definition) is 4. The summed E-state index contributed by atoms with van der Waals surface area (Å²) in [5.41, 5.74) is -0.603. The van der Waals surface area contributed by atoms with Crippen LogP contribution in [0.4, 0.5) is 0 Å². The topological polar surface area (TPSA) is 63.6 Å². The van der Waals surface area contributed by atoms with E-state index >= 15 is 0 Å². The Bertz CT molecular complexity index is 714. The third-order valence-corrected chi connectivity index (χ3v) is 9.89. The Kier molecular flexibility index (Phi) is 5.93. The highest BCUT2D eigenvalue weighted by Crippen LogP contribution is 2.68. The molecule has 0 aromatic carbocycles. The molecule has 0 heterocycles. The van der Waals surface area contributed by atoms with Gasteiger partial charge < -0.3 is 9.84 Å². The molecule has 4 saturated carbocycles. The number of ketones is 1. The lowest BCUT2D eigenvalue weighted by molar-refractivity contribution is -0.148. The Balaban J connectivity index is 1.47. The number of aliphatic hydroxyl groups is 1. The molecular weight excluding hydrogens is 376 g/mol. The van der Waals surface area contributed by atoms with E-state index in [0.29, 0.717) is 41.3 Å². The predicted octanol–water partition coefficient (Wildman–Crippen LogP) is 5.23. The molecule has 1 N–H and O–H groups in total. The third-order valence-electron chi connectivity index (χ3n) is 9.89. The Morgan fingerprint density at radius 2 is 1.90 bits per heavy atom. The molecule has 0 bridgehead atoms. The van der Waals surface area contributed by atoms with Crippen molar-refractivity contribution < 1.29 is 19.4 Å². The molecule has 7 atom stereocenters. The Hall–Kier alpha value is -1.16. The summed E-state index contributed by atoms with van der Waals surface area (Å²) in [6, 6.07) is 0. The number of rotatable bonds is 5. The van der Waals surface area contributed by atoms with Gasteiger partial charge in [-0.1, -0.05) is 26.8 Å². The summed E-state index contributed by atoms with van der Waals surface area (Å²) in [6.07, 6.45) is 14.2. The molecule has 4 nitrogen and oxygen atoms in total. The van der Waals surface area contributed by atoms with Crippen LogP contribution in [0.5, 0.6) is 0 Å². The molecule has 4 fully saturated rings. The molecule has 4 aliphatic rings. The maximum Gasteiger partial charge on any atom is 0.306 e. The van der Waals surface area contributed by atoms with Gasteiger partial charge in [0, 0.05) is 24.7 Å². The van der Waals surface area contributed by atoms with Crippen molar-refractivity contribution in [2.75, 3.05) is 6.61 Å². The van der Waals surface area contributed by atoms with E-state index in [1.165, 1.54) is 19.3 Å². The number of hydrogen-bond donors (Lipinski definition) is 1. The number of ether oxygens (including phenoxy) is 1. The average molecular weight is 417 g/mol. The molecule has 0 amide bonds. The highest BCUT2D eigenvalue weighted by Gasteiger charge is 2.63. The quantitative estimate of drug-likeness (QED) is 0.492. The van der Waals surface area contributed by atoms with E-state index in [4.69, 9.17) is 4.74 Å². The highest BCUT2D eigenvalue weighted by atomic mass is 16.5. The highest BCUT2D eigenvalue weighted by molar-refractivity contribution is 5.79. The summed E-state index contributed by atoms with van der Waals surface area (Å²) in [5, 5.41) is 11.7. The monoisotopic (exact) mass is 416 g/mol. The SMILES string of the molecule is CCCC(=O)OCC=CC1(O)CC[C@H]2[C@@H]3CCC4CC(=O)CC[C@]4(C)[C@@H]3CC[C@@]21C. The number of carbonyl (C=O) groups excluding carboxylic acids is 2. The van der Waals surface area contributed by atoms with Gasteiger partial charge >= 0.3 is 5.97 Å². The zero-order valence-corrected chi connectivity index (χ0v) is 19.1. The lowest BCUT2D eigenvalue weighted by atomic mass is 9.44. The molecule has 0 spiro atoms. The summed E-state index contributed by atoms with van der Waals surface area (Å²) in [5.74, 6) is 2.79. The molecule has 30 heavy (non-hydrogen) atoms. The molecular formula is C26H40O4. The average Bonchev–Trinajstić information content (AvgIpc) is 2.97. The number of carbonyl (C=O) groups is 2. The molecule has 0 aromatic heterocycles. The van der Waals surface area contributed by atoms with Crippen LogP contribution in [0.25, 0.3) is 0 Å². The van der Waals surface area contributed by atoms with Crippen LogP contribution in [-0.2, 0) is 14.3 Å². The van der Waals surface area contributed by atoms with Gasteiger partial charge in [-0.3, -0.25) is 9.59 Å². The summed E-state index contributed by atoms with van der Waals surface area (Å²) in [7, 11) is 0. The first-order valence-electron chi connectivity index (χ1n) is 12.3. The van der Waals surface area contributed by atoms with Crippen LogP contribution >= 0.6 is 0 Å². The van der Waals surface area contributed by atoms with E-state index < -0.39 is 5.60 Å². The van der Waals surface area contributed by atoms with Crippen molar-refractivity contribution >= 4 is 11.8 Å². The van der Waals surface area contributed by atoms with Gasteiger partial charge in [0.1, 0.15) is 12.4 Å². The van der Waals surface area contributed by atoms with Gasteiger partial charge in [0.2, 0.25) is 0 Å². The molecule has 168 valence electrons.